The summed E-state index contributed by atoms with van der Waals surface area (Å²) >= 11 is 5.25. The van der Waals surface area contributed by atoms with Gasteiger partial charge in [-0.05, 0) is 34.7 Å². The minimum Gasteiger partial charge on any atom is -0.506 e. The van der Waals surface area contributed by atoms with Crippen molar-refractivity contribution >= 4 is 44.7 Å². The second-order valence-electron chi connectivity index (χ2n) is 2.07. The standard InChI is InChI=1S/C7H5BrINO2/c8-5-1-4(3-10-12)7(11)6(9)2-5/h1-3,11-12H/b10-3-. The summed E-state index contributed by atoms with van der Waals surface area (Å²) in [7, 11) is 0. The number of nitrogens with zero attached hydrogens (tertiary/aromatic N) is 1. The molecule has 0 unspecified atom stereocenters. The van der Waals surface area contributed by atoms with Crippen LogP contribution in [0.15, 0.2) is 21.8 Å². The number of halogens is 2. The first-order chi connectivity index (χ1) is 5.65. The number of benzene rings is 1. The molecule has 0 aromatic heterocycles. The van der Waals surface area contributed by atoms with Gasteiger partial charge in [-0.25, -0.2) is 0 Å². The fourth-order valence-electron chi connectivity index (χ4n) is 0.746. The largest absolute Gasteiger partial charge is 0.506 e. The fraction of sp³-hybridized carbons (Fsp3) is 0. The van der Waals surface area contributed by atoms with Crippen molar-refractivity contribution in [1.29, 1.82) is 0 Å². The number of aromatic hydroxyl groups is 1. The van der Waals surface area contributed by atoms with Crippen LogP contribution in [0.2, 0.25) is 0 Å². The highest BCUT2D eigenvalue weighted by Crippen LogP contribution is 2.27. The van der Waals surface area contributed by atoms with Crippen molar-refractivity contribution in [2.45, 2.75) is 0 Å². The Kier molecular flexibility index (Phi) is 3.33. The molecule has 0 radical (unpaired) electrons. The zero-order valence-corrected chi connectivity index (χ0v) is 9.57. The number of phenols is 1. The van der Waals surface area contributed by atoms with E-state index in [0.717, 1.165) is 4.47 Å². The van der Waals surface area contributed by atoms with Crippen LogP contribution in [0, 0.1) is 3.57 Å². The van der Waals surface area contributed by atoms with E-state index in [4.69, 9.17) is 5.21 Å². The number of hydrogen-bond donors (Lipinski definition) is 2. The van der Waals surface area contributed by atoms with Crippen molar-refractivity contribution in [3.63, 3.8) is 0 Å². The molecule has 3 nitrogen and oxygen atoms in total. The van der Waals surface area contributed by atoms with Gasteiger partial charge in [0.25, 0.3) is 0 Å². The predicted octanol–water partition coefficient (Wildman–Crippen LogP) is 2.57. The second kappa shape index (κ2) is 4.08. The van der Waals surface area contributed by atoms with Gasteiger partial charge in [0.2, 0.25) is 0 Å². The zero-order chi connectivity index (χ0) is 9.14. The molecule has 0 atom stereocenters. The molecule has 0 fully saturated rings. The summed E-state index contributed by atoms with van der Waals surface area (Å²) in [5.74, 6) is 0.122. The summed E-state index contributed by atoms with van der Waals surface area (Å²) in [6.07, 6.45) is 1.18. The summed E-state index contributed by atoms with van der Waals surface area (Å²) in [5.41, 5.74) is 0.483. The van der Waals surface area contributed by atoms with E-state index in [0.29, 0.717) is 9.13 Å². The van der Waals surface area contributed by atoms with E-state index in [9.17, 15) is 5.11 Å². The van der Waals surface area contributed by atoms with E-state index in [1.54, 1.807) is 12.1 Å². The number of rotatable bonds is 1. The van der Waals surface area contributed by atoms with Gasteiger partial charge in [-0.2, -0.15) is 0 Å². The molecule has 0 saturated carbocycles. The molecular formula is C7H5BrINO2. The van der Waals surface area contributed by atoms with Crippen LogP contribution in [0.25, 0.3) is 0 Å². The molecule has 2 N–H and O–H groups in total. The van der Waals surface area contributed by atoms with Gasteiger partial charge in [0, 0.05) is 10.0 Å². The highest BCUT2D eigenvalue weighted by Gasteiger charge is 2.04. The molecule has 0 bridgehead atoms. The molecule has 0 amide bonds. The van der Waals surface area contributed by atoms with Gasteiger partial charge in [-0.15, -0.1) is 0 Å². The molecule has 1 aromatic carbocycles. The zero-order valence-electron chi connectivity index (χ0n) is 5.83. The summed E-state index contributed by atoms with van der Waals surface area (Å²) in [5, 5.41) is 20.5. The van der Waals surface area contributed by atoms with Crippen molar-refractivity contribution in [3.05, 3.63) is 25.7 Å². The predicted molar refractivity (Wildman–Crippen MR) is 57.9 cm³/mol. The van der Waals surface area contributed by atoms with E-state index in [1.165, 1.54) is 6.21 Å². The van der Waals surface area contributed by atoms with E-state index >= 15 is 0 Å². The molecule has 0 saturated heterocycles. The van der Waals surface area contributed by atoms with Crippen molar-refractivity contribution in [3.8, 4) is 5.75 Å². The molecule has 12 heavy (non-hydrogen) atoms. The van der Waals surface area contributed by atoms with Crippen LogP contribution >= 0.6 is 38.5 Å². The van der Waals surface area contributed by atoms with Gasteiger partial charge in [0.15, 0.2) is 0 Å². The van der Waals surface area contributed by atoms with Crippen LogP contribution in [0.4, 0.5) is 0 Å². The highest BCUT2D eigenvalue weighted by molar-refractivity contribution is 14.1. The summed E-state index contributed by atoms with van der Waals surface area (Å²) in [4.78, 5) is 0. The van der Waals surface area contributed by atoms with Gasteiger partial charge in [-0.3, -0.25) is 0 Å². The Bertz CT molecular complexity index is 327. The van der Waals surface area contributed by atoms with E-state index in [1.807, 2.05) is 22.6 Å². The third-order valence-electron chi connectivity index (χ3n) is 1.25. The summed E-state index contributed by atoms with van der Waals surface area (Å²) in [6.45, 7) is 0. The topological polar surface area (TPSA) is 52.8 Å². The lowest BCUT2D eigenvalue weighted by Gasteiger charge is -2.01. The normalized spacial score (nSPS) is 10.8. The maximum absolute atomic E-state index is 9.42. The van der Waals surface area contributed by atoms with Crippen LogP contribution < -0.4 is 0 Å². The van der Waals surface area contributed by atoms with Crippen LogP contribution in [0.1, 0.15) is 5.56 Å². The van der Waals surface area contributed by atoms with Gasteiger partial charge in [0.05, 0.1) is 9.78 Å². The molecule has 0 spiro atoms. The van der Waals surface area contributed by atoms with Crippen molar-refractivity contribution in [2.75, 3.05) is 0 Å². The minimum absolute atomic E-state index is 0.122. The van der Waals surface area contributed by atoms with Gasteiger partial charge >= 0.3 is 0 Å². The molecule has 0 aliphatic rings. The van der Waals surface area contributed by atoms with Crippen LogP contribution in [0.3, 0.4) is 0 Å². The maximum Gasteiger partial charge on any atom is 0.137 e. The van der Waals surface area contributed by atoms with Gasteiger partial charge in [-0.1, -0.05) is 21.1 Å². The molecular weight excluding hydrogens is 337 g/mol. The third-order valence-corrected chi connectivity index (χ3v) is 2.53. The van der Waals surface area contributed by atoms with Crippen molar-refractivity contribution in [1.82, 2.24) is 0 Å². The van der Waals surface area contributed by atoms with Crippen molar-refractivity contribution < 1.29 is 10.3 Å². The molecule has 1 aromatic rings. The summed E-state index contributed by atoms with van der Waals surface area (Å²) < 4.78 is 1.54. The molecule has 0 aliphatic carbocycles. The lowest BCUT2D eigenvalue weighted by Crippen LogP contribution is -1.85. The number of oxime groups is 1. The van der Waals surface area contributed by atoms with E-state index < -0.39 is 0 Å². The van der Waals surface area contributed by atoms with E-state index in [-0.39, 0.29) is 5.75 Å². The molecule has 64 valence electrons. The first-order valence-corrected chi connectivity index (χ1v) is 4.87. The quantitative estimate of drug-likeness (QED) is 0.357. The first kappa shape index (κ1) is 9.79. The Morgan fingerprint density at radius 3 is 2.75 bits per heavy atom. The lowest BCUT2D eigenvalue weighted by atomic mass is 10.2. The average Bonchev–Trinajstić information content (AvgIpc) is 2.00. The Labute approximate surface area is 91.4 Å². The monoisotopic (exact) mass is 341 g/mol. The molecule has 1 rings (SSSR count). The molecule has 5 heteroatoms. The van der Waals surface area contributed by atoms with Crippen LogP contribution in [-0.2, 0) is 0 Å². The Morgan fingerprint density at radius 1 is 1.50 bits per heavy atom. The van der Waals surface area contributed by atoms with Crippen molar-refractivity contribution in [2.24, 2.45) is 5.16 Å². The Hall–Kier alpha value is -0.300. The lowest BCUT2D eigenvalue weighted by molar-refractivity contribution is 0.321. The second-order valence-corrected chi connectivity index (χ2v) is 4.15. The SMILES string of the molecule is O/N=C\c1cc(Br)cc(I)c1O. The number of hydrogen-bond acceptors (Lipinski definition) is 3. The molecule has 0 aliphatic heterocycles. The summed E-state index contributed by atoms with van der Waals surface area (Å²) in [6, 6.07) is 3.43. The fourth-order valence-corrected chi connectivity index (χ4v) is 2.30. The van der Waals surface area contributed by atoms with Gasteiger partial charge in [0.1, 0.15) is 5.75 Å². The Balaban J connectivity index is 3.27. The first-order valence-electron chi connectivity index (χ1n) is 3.00. The average molecular weight is 342 g/mol. The van der Waals surface area contributed by atoms with E-state index in [2.05, 4.69) is 21.1 Å². The number of phenolic OH excluding ortho intramolecular Hbond substituents is 1. The van der Waals surface area contributed by atoms with Crippen LogP contribution in [-0.4, -0.2) is 16.5 Å². The third kappa shape index (κ3) is 2.10. The van der Waals surface area contributed by atoms with Crippen LogP contribution in [0.5, 0.6) is 5.75 Å². The molecule has 0 heterocycles. The highest BCUT2D eigenvalue weighted by atomic mass is 127. The van der Waals surface area contributed by atoms with Gasteiger partial charge < -0.3 is 10.3 Å². The minimum atomic E-state index is 0.122. The maximum atomic E-state index is 9.42. The smallest absolute Gasteiger partial charge is 0.137 e. The Morgan fingerprint density at radius 2 is 2.17 bits per heavy atom.